The molecule has 1 N–H and O–H groups in total. The van der Waals surface area contributed by atoms with Gasteiger partial charge in [0.2, 0.25) is 11.8 Å². The summed E-state index contributed by atoms with van der Waals surface area (Å²) < 4.78 is 10.3. The highest BCUT2D eigenvalue weighted by Crippen LogP contribution is 2.22. The van der Waals surface area contributed by atoms with Crippen molar-refractivity contribution in [2.24, 2.45) is 0 Å². The van der Waals surface area contributed by atoms with Crippen LogP contribution in [0.15, 0.2) is 24.4 Å². The molecule has 2 aromatic heterocycles. The van der Waals surface area contributed by atoms with Gasteiger partial charge in [0.15, 0.2) is 0 Å². The predicted octanol–water partition coefficient (Wildman–Crippen LogP) is 1.17. The van der Waals surface area contributed by atoms with Gasteiger partial charge in [-0.2, -0.15) is 9.97 Å². The molecule has 0 unspecified atom stereocenters. The van der Waals surface area contributed by atoms with Gasteiger partial charge in [-0.05, 0) is 6.07 Å². The van der Waals surface area contributed by atoms with Crippen molar-refractivity contribution < 1.29 is 14.3 Å². The first-order chi connectivity index (χ1) is 13.1. The third kappa shape index (κ3) is 4.55. The van der Waals surface area contributed by atoms with E-state index in [1.807, 2.05) is 17.0 Å². The Morgan fingerprint density at radius 2 is 1.96 bits per heavy atom. The lowest BCUT2D eigenvalue weighted by atomic mass is 10.2. The molecule has 9 heteroatoms. The van der Waals surface area contributed by atoms with Gasteiger partial charge in [-0.15, -0.1) is 0 Å². The third-order valence-corrected chi connectivity index (χ3v) is 4.43. The molecule has 2 aromatic rings. The van der Waals surface area contributed by atoms with Crippen molar-refractivity contribution in [2.45, 2.75) is 13.5 Å². The standard InChI is InChI=1S/C18H24N6O3/c1-13(25)23-7-9-24(10-8-23)17-14(5-4-6-19-17)12-20-15-11-16(26-2)22-18(21-15)27-3/h4-6,11H,7-10,12H2,1-3H3,(H,20,21,22). The van der Waals surface area contributed by atoms with E-state index in [1.54, 1.807) is 26.3 Å². The average molecular weight is 372 g/mol. The monoisotopic (exact) mass is 372 g/mol. The molecule has 0 radical (unpaired) electrons. The van der Waals surface area contributed by atoms with Crippen LogP contribution in [0.25, 0.3) is 0 Å². The number of pyridine rings is 1. The maximum atomic E-state index is 11.5. The minimum absolute atomic E-state index is 0.115. The molecule has 0 spiro atoms. The van der Waals surface area contributed by atoms with E-state index in [9.17, 15) is 4.79 Å². The van der Waals surface area contributed by atoms with Crippen LogP contribution in [-0.2, 0) is 11.3 Å². The fourth-order valence-corrected chi connectivity index (χ4v) is 2.96. The van der Waals surface area contributed by atoms with Crippen LogP contribution >= 0.6 is 0 Å². The Bertz CT molecular complexity index is 770. The van der Waals surface area contributed by atoms with E-state index in [0.717, 1.165) is 24.5 Å². The number of carbonyl (C=O) groups excluding carboxylic acids is 1. The van der Waals surface area contributed by atoms with Gasteiger partial charge >= 0.3 is 6.01 Å². The first kappa shape index (κ1) is 18.7. The fraction of sp³-hybridized carbons (Fsp3) is 0.444. The lowest BCUT2D eigenvalue weighted by Crippen LogP contribution is -2.48. The van der Waals surface area contributed by atoms with Crippen molar-refractivity contribution in [3.05, 3.63) is 30.0 Å². The summed E-state index contributed by atoms with van der Waals surface area (Å²) in [7, 11) is 3.06. The molecule has 144 valence electrons. The summed E-state index contributed by atoms with van der Waals surface area (Å²) in [5, 5.41) is 3.27. The van der Waals surface area contributed by atoms with Crippen molar-refractivity contribution in [1.29, 1.82) is 0 Å². The topological polar surface area (TPSA) is 92.7 Å². The molecule has 0 bridgehead atoms. The van der Waals surface area contributed by atoms with E-state index >= 15 is 0 Å². The number of aromatic nitrogens is 3. The largest absolute Gasteiger partial charge is 0.481 e. The molecule has 0 atom stereocenters. The molecule has 0 saturated carbocycles. The maximum Gasteiger partial charge on any atom is 0.321 e. The van der Waals surface area contributed by atoms with Crippen LogP contribution in [-0.4, -0.2) is 66.2 Å². The third-order valence-electron chi connectivity index (χ3n) is 4.43. The summed E-state index contributed by atoms with van der Waals surface area (Å²) in [4.78, 5) is 28.5. The van der Waals surface area contributed by atoms with Gasteiger partial charge in [-0.25, -0.2) is 4.98 Å². The lowest BCUT2D eigenvalue weighted by molar-refractivity contribution is -0.129. The van der Waals surface area contributed by atoms with E-state index in [0.29, 0.717) is 31.3 Å². The second kappa shape index (κ2) is 8.52. The molecule has 1 aliphatic rings. The van der Waals surface area contributed by atoms with Crippen LogP contribution in [0.5, 0.6) is 11.9 Å². The molecule has 27 heavy (non-hydrogen) atoms. The van der Waals surface area contributed by atoms with Crippen LogP contribution in [0.2, 0.25) is 0 Å². The second-order valence-corrected chi connectivity index (χ2v) is 6.12. The van der Waals surface area contributed by atoms with Crippen molar-refractivity contribution in [3.8, 4) is 11.9 Å². The van der Waals surface area contributed by atoms with Crippen molar-refractivity contribution in [3.63, 3.8) is 0 Å². The number of rotatable bonds is 6. The van der Waals surface area contributed by atoms with Gasteiger partial charge in [-0.3, -0.25) is 4.79 Å². The van der Waals surface area contributed by atoms with E-state index in [4.69, 9.17) is 9.47 Å². The van der Waals surface area contributed by atoms with Crippen molar-refractivity contribution >= 4 is 17.5 Å². The molecule has 3 heterocycles. The van der Waals surface area contributed by atoms with E-state index < -0.39 is 0 Å². The number of methoxy groups -OCH3 is 2. The number of amides is 1. The minimum atomic E-state index is 0.115. The molecule has 3 rings (SSSR count). The molecule has 0 aromatic carbocycles. The van der Waals surface area contributed by atoms with Gasteiger partial charge in [0.25, 0.3) is 0 Å². The minimum Gasteiger partial charge on any atom is -0.481 e. The summed E-state index contributed by atoms with van der Waals surface area (Å²) >= 11 is 0. The molecule has 1 aliphatic heterocycles. The van der Waals surface area contributed by atoms with Crippen LogP contribution in [0.3, 0.4) is 0 Å². The zero-order valence-corrected chi connectivity index (χ0v) is 15.8. The number of nitrogens with one attached hydrogen (secondary N) is 1. The molecular formula is C18H24N6O3. The first-order valence-electron chi connectivity index (χ1n) is 8.76. The molecule has 1 amide bonds. The Balaban J connectivity index is 1.71. The van der Waals surface area contributed by atoms with Gasteiger partial charge in [0.05, 0.1) is 14.2 Å². The highest BCUT2D eigenvalue weighted by atomic mass is 16.5. The normalized spacial score (nSPS) is 14.0. The van der Waals surface area contributed by atoms with Gasteiger partial charge in [0.1, 0.15) is 11.6 Å². The predicted molar refractivity (Wildman–Crippen MR) is 101 cm³/mol. The number of ether oxygens (including phenoxy) is 2. The Kier molecular flexibility index (Phi) is 5.90. The summed E-state index contributed by atoms with van der Waals surface area (Å²) in [5.74, 6) is 2.07. The molecule has 1 saturated heterocycles. The number of nitrogens with zero attached hydrogens (tertiary/aromatic N) is 5. The molecular weight excluding hydrogens is 348 g/mol. The summed E-state index contributed by atoms with van der Waals surface area (Å²) in [6, 6.07) is 5.89. The smallest absolute Gasteiger partial charge is 0.321 e. The average Bonchev–Trinajstić information content (AvgIpc) is 2.72. The van der Waals surface area contributed by atoms with Crippen LogP contribution in [0, 0.1) is 0 Å². The Morgan fingerprint density at radius 3 is 2.63 bits per heavy atom. The highest BCUT2D eigenvalue weighted by molar-refractivity contribution is 5.73. The van der Waals surface area contributed by atoms with Crippen molar-refractivity contribution in [1.82, 2.24) is 19.9 Å². The van der Waals surface area contributed by atoms with E-state index in [1.165, 1.54) is 7.11 Å². The molecule has 0 aliphatic carbocycles. The number of hydrogen-bond donors (Lipinski definition) is 1. The zero-order valence-electron chi connectivity index (χ0n) is 15.8. The second-order valence-electron chi connectivity index (χ2n) is 6.12. The number of carbonyl (C=O) groups is 1. The van der Waals surface area contributed by atoms with Crippen LogP contribution < -0.4 is 19.7 Å². The lowest BCUT2D eigenvalue weighted by Gasteiger charge is -2.35. The summed E-state index contributed by atoms with van der Waals surface area (Å²) in [5.41, 5.74) is 1.05. The van der Waals surface area contributed by atoms with Gasteiger partial charge < -0.3 is 24.6 Å². The van der Waals surface area contributed by atoms with Gasteiger partial charge in [-0.1, -0.05) is 6.07 Å². The summed E-state index contributed by atoms with van der Waals surface area (Å²) in [6.07, 6.45) is 1.78. The Morgan fingerprint density at radius 1 is 1.19 bits per heavy atom. The highest BCUT2D eigenvalue weighted by Gasteiger charge is 2.21. The first-order valence-corrected chi connectivity index (χ1v) is 8.76. The van der Waals surface area contributed by atoms with Crippen LogP contribution in [0.4, 0.5) is 11.6 Å². The maximum absolute atomic E-state index is 11.5. The van der Waals surface area contributed by atoms with Crippen molar-refractivity contribution in [2.75, 3.05) is 50.6 Å². The SMILES string of the molecule is COc1cc(NCc2cccnc2N2CCN(C(C)=O)CC2)nc(OC)n1. The number of piperazine rings is 1. The quantitative estimate of drug-likeness (QED) is 0.808. The summed E-state index contributed by atoms with van der Waals surface area (Å²) in [6.45, 7) is 5.09. The van der Waals surface area contributed by atoms with E-state index in [2.05, 4.69) is 25.2 Å². The van der Waals surface area contributed by atoms with E-state index in [-0.39, 0.29) is 11.9 Å². The molecule has 9 nitrogen and oxygen atoms in total. The van der Waals surface area contributed by atoms with Crippen LogP contribution in [0.1, 0.15) is 12.5 Å². The number of anilines is 2. The number of hydrogen-bond acceptors (Lipinski definition) is 8. The Hall–Kier alpha value is -3.10. The van der Waals surface area contributed by atoms with Gasteiger partial charge in [0, 0.05) is 57.5 Å². The fourth-order valence-electron chi connectivity index (χ4n) is 2.96. The Labute approximate surface area is 158 Å². The zero-order chi connectivity index (χ0) is 19.2. The molecule has 1 fully saturated rings.